The fourth-order valence-corrected chi connectivity index (χ4v) is 2.51. The lowest BCUT2D eigenvalue weighted by molar-refractivity contribution is 0.0302. The molecule has 2 amide bonds. The lowest BCUT2D eigenvalue weighted by Crippen LogP contribution is -2.40. The predicted octanol–water partition coefficient (Wildman–Crippen LogP) is 1.48. The minimum atomic E-state index is -0.247. The zero-order valence-corrected chi connectivity index (χ0v) is 13.3. The summed E-state index contributed by atoms with van der Waals surface area (Å²) in [5.41, 5.74) is 1.81. The van der Waals surface area contributed by atoms with Gasteiger partial charge < -0.3 is 15.0 Å². The number of pyridine rings is 1. The Morgan fingerprint density at radius 1 is 1.08 bits per heavy atom. The first kappa shape index (κ1) is 16.1. The Hall–Kier alpha value is -2.73. The van der Waals surface area contributed by atoms with Crippen molar-refractivity contribution in [1.29, 1.82) is 0 Å². The molecule has 0 radical (unpaired) electrons. The van der Waals surface area contributed by atoms with Crippen LogP contribution < -0.4 is 5.32 Å². The van der Waals surface area contributed by atoms with Crippen molar-refractivity contribution >= 4 is 11.8 Å². The molecule has 0 saturated carbocycles. The highest BCUT2D eigenvalue weighted by atomic mass is 16.5. The van der Waals surface area contributed by atoms with Gasteiger partial charge in [0.05, 0.1) is 24.3 Å². The Bertz CT molecular complexity index is 712. The molecule has 1 N–H and O–H groups in total. The Balaban J connectivity index is 1.65. The molecule has 0 aliphatic carbocycles. The molecule has 0 spiro atoms. The average molecular weight is 325 g/mol. The van der Waals surface area contributed by atoms with Crippen LogP contribution in [-0.2, 0) is 11.3 Å². The maximum atomic E-state index is 12.5. The largest absolute Gasteiger partial charge is 0.378 e. The summed E-state index contributed by atoms with van der Waals surface area (Å²) < 4.78 is 5.25. The van der Waals surface area contributed by atoms with Crippen LogP contribution in [0.25, 0.3) is 0 Å². The maximum absolute atomic E-state index is 12.5. The third-order valence-electron chi connectivity index (χ3n) is 3.84. The molecule has 1 saturated heterocycles. The number of hydrogen-bond donors (Lipinski definition) is 1. The van der Waals surface area contributed by atoms with Crippen LogP contribution in [0, 0.1) is 0 Å². The number of amides is 2. The lowest BCUT2D eigenvalue weighted by atomic mass is 10.1. The molecule has 0 bridgehead atoms. The molecule has 6 heteroatoms. The molecule has 2 aromatic rings. The smallest absolute Gasteiger partial charge is 0.255 e. The molecule has 0 unspecified atom stereocenters. The number of morpholine rings is 1. The van der Waals surface area contributed by atoms with Crippen LogP contribution in [-0.4, -0.2) is 48.0 Å². The minimum absolute atomic E-state index is 0.122. The number of ether oxygens (including phenoxy) is 1. The number of hydrogen-bond acceptors (Lipinski definition) is 4. The average Bonchev–Trinajstić information content (AvgIpc) is 2.67. The zero-order valence-electron chi connectivity index (χ0n) is 13.3. The SMILES string of the molecule is O=C(NCc1ccccc1)c1cncc(C(=O)N2CCOCC2)c1. The van der Waals surface area contributed by atoms with E-state index in [9.17, 15) is 9.59 Å². The van der Waals surface area contributed by atoms with Gasteiger partial charge in [-0.15, -0.1) is 0 Å². The van der Waals surface area contributed by atoms with Gasteiger partial charge in [-0.25, -0.2) is 0 Å². The van der Waals surface area contributed by atoms with E-state index in [2.05, 4.69) is 10.3 Å². The summed E-state index contributed by atoms with van der Waals surface area (Å²) >= 11 is 0. The number of benzene rings is 1. The van der Waals surface area contributed by atoms with E-state index in [1.165, 1.54) is 12.4 Å². The van der Waals surface area contributed by atoms with Gasteiger partial charge in [0, 0.05) is 32.0 Å². The molecule has 1 aromatic heterocycles. The third-order valence-corrected chi connectivity index (χ3v) is 3.84. The molecule has 1 fully saturated rings. The lowest BCUT2D eigenvalue weighted by Gasteiger charge is -2.26. The number of aromatic nitrogens is 1. The van der Waals surface area contributed by atoms with Crippen molar-refractivity contribution in [2.75, 3.05) is 26.3 Å². The minimum Gasteiger partial charge on any atom is -0.378 e. The van der Waals surface area contributed by atoms with Crippen LogP contribution in [0.3, 0.4) is 0 Å². The van der Waals surface area contributed by atoms with Crippen LogP contribution in [0.15, 0.2) is 48.8 Å². The normalized spacial score (nSPS) is 14.2. The molecule has 2 heterocycles. The summed E-state index contributed by atoms with van der Waals surface area (Å²) in [6, 6.07) is 11.2. The summed E-state index contributed by atoms with van der Waals surface area (Å²) in [6.45, 7) is 2.63. The highest BCUT2D eigenvalue weighted by Gasteiger charge is 2.19. The summed E-state index contributed by atoms with van der Waals surface area (Å²) in [4.78, 5) is 30.5. The van der Waals surface area contributed by atoms with Crippen LogP contribution >= 0.6 is 0 Å². The van der Waals surface area contributed by atoms with Gasteiger partial charge in [0.15, 0.2) is 0 Å². The standard InChI is InChI=1S/C18H19N3O3/c22-17(20-11-14-4-2-1-3-5-14)15-10-16(13-19-12-15)18(23)21-6-8-24-9-7-21/h1-5,10,12-13H,6-9,11H2,(H,20,22). The summed E-state index contributed by atoms with van der Waals surface area (Å²) in [6.07, 6.45) is 2.96. The van der Waals surface area contributed by atoms with E-state index < -0.39 is 0 Å². The van der Waals surface area contributed by atoms with Crippen molar-refractivity contribution in [3.63, 3.8) is 0 Å². The molecule has 0 atom stereocenters. The molecule has 124 valence electrons. The van der Waals surface area contributed by atoms with E-state index in [-0.39, 0.29) is 11.8 Å². The zero-order chi connectivity index (χ0) is 16.8. The highest BCUT2D eigenvalue weighted by Crippen LogP contribution is 2.09. The summed E-state index contributed by atoms with van der Waals surface area (Å²) in [7, 11) is 0. The van der Waals surface area contributed by atoms with Crippen molar-refractivity contribution in [3.05, 3.63) is 65.5 Å². The molecule has 1 aliphatic rings. The predicted molar refractivity (Wildman–Crippen MR) is 88.6 cm³/mol. The molecular formula is C18H19N3O3. The van der Waals surface area contributed by atoms with E-state index in [1.807, 2.05) is 30.3 Å². The van der Waals surface area contributed by atoms with Crippen LogP contribution in [0.2, 0.25) is 0 Å². The van der Waals surface area contributed by atoms with E-state index >= 15 is 0 Å². The third kappa shape index (κ3) is 3.97. The second-order valence-electron chi connectivity index (χ2n) is 5.54. The van der Waals surface area contributed by atoms with Gasteiger partial charge >= 0.3 is 0 Å². The quantitative estimate of drug-likeness (QED) is 0.924. The molecule has 1 aromatic carbocycles. The molecule has 24 heavy (non-hydrogen) atoms. The first-order valence-corrected chi connectivity index (χ1v) is 7.88. The molecule has 3 rings (SSSR count). The fourth-order valence-electron chi connectivity index (χ4n) is 2.51. The molecule has 6 nitrogen and oxygen atoms in total. The maximum Gasteiger partial charge on any atom is 0.255 e. The van der Waals surface area contributed by atoms with E-state index in [0.29, 0.717) is 44.0 Å². The van der Waals surface area contributed by atoms with Crippen molar-refractivity contribution in [1.82, 2.24) is 15.2 Å². The number of carbonyl (C=O) groups is 2. The number of nitrogens with zero attached hydrogens (tertiary/aromatic N) is 2. The fraction of sp³-hybridized carbons (Fsp3) is 0.278. The van der Waals surface area contributed by atoms with E-state index in [4.69, 9.17) is 4.74 Å². The highest BCUT2D eigenvalue weighted by molar-refractivity contribution is 5.99. The second kappa shape index (κ2) is 7.70. The van der Waals surface area contributed by atoms with Gasteiger partial charge in [-0.05, 0) is 11.6 Å². The number of rotatable bonds is 4. The van der Waals surface area contributed by atoms with E-state index in [0.717, 1.165) is 5.56 Å². The number of nitrogens with one attached hydrogen (secondary N) is 1. The summed E-state index contributed by atoms with van der Waals surface area (Å²) in [5, 5.41) is 2.84. The number of carbonyl (C=O) groups excluding carboxylic acids is 2. The van der Waals surface area contributed by atoms with Gasteiger partial charge in [0.2, 0.25) is 0 Å². The Morgan fingerprint density at radius 2 is 1.79 bits per heavy atom. The van der Waals surface area contributed by atoms with Crippen molar-refractivity contribution in [3.8, 4) is 0 Å². The van der Waals surface area contributed by atoms with Crippen LogP contribution in [0.1, 0.15) is 26.3 Å². The van der Waals surface area contributed by atoms with Crippen molar-refractivity contribution in [2.24, 2.45) is 0 Å². The first-order valence-electron chi connectivity index (χ1n) is 7.88. The van der Waals surface area contributed by atoms with Crippen LogP contribution in [0.5, 0.6) is 0 Å². The van der Waals surface area contributed by atoms with E-state index in [1.54, 1.807) is 11.0 Å². The molecule has 1 aliphatic heterocycles. The Kier molecular flexibility index (Phi) is 5.18. The van der Waals surface area contributed by atoms with Crippen molar-refractivity contribution in [2.45, 2.75) is 6.54 Å². The van der Waals surface area contributed by atoms with Crippen LogP contribution in [0.4, 0.5) is 0 Å². The Morgan fingerprint density at radius 3 is 2.54 bits per heavy atom. The van der Waals surface area contributed by atoms with Gasteiger partial charge in [0.1, 0.15) is 0 Å². The first-order chi connectivity index (χ1) is 11.7. The van der Waals surface area contributed by atoms with Gasteiger partial charge in [0.25, 0.3) is 11.8 Å². The summed E-state index contributed by atoms with van der Waals surface area (Å²) in [5.74, 6) is -0.369. The van der Waals surface area contributed by atoms with Crippen molar-refractivity contribution < 1.29 is 14.3 Å². The Labute approximate surface area is 140 Å². The van der Waals surface area contributed by atoms with Gasteiger partial charge in [-0.2, -0.15) is 0 Å². The monoisotopic (exact) mass is 325 g/mol. The second-order valence-corrected chi connectivity index (χ2v) is 5.54. The molecular weight excluding hydrogens is 306 g/mol. The van der Waals surface area contributed by atoms with Gasteiger partial charge in [-0.1, -0.05) is 30.3 Å². The van der Waals surface area contributed by atoms with Gasteiger partial charge in [-0.3, -0.25) is 14.6 Å². The topological polar surface area (TPSA) is 71.5 Å².